The van der Waals surface area contributed by atoms with E-state index < -0.39 is 0 Å². The van der Waals surface area contributed by atoms with Crippen molar-refractivity contribution in [2.45, 2.75) is 39.5 Å². The lowest BCUT2D eigenvalue weighted by Gasteiger charge is -2.22. The summed E-state index contributed by atoms with van der Waals surface area (Å²) in [6.07, 6.45) is 5.15. The lowest BCUT2D eigenvalue weighted by Crippen LogP contribution is -2.06. The Bertz CT molecular complexity index is 1110. The van der Waals surface area contributed by atoms with Crippen molar-refractivity contribution in [2.24, 2.45) is 0 Å². The van der Waals surface area contributed by atoms with Gasteiger partial charge in [-0.1, -0.05) is 36.4 Å². The van der Waals surface area contributed by atoms with Crippen molar-refractivity contribution >= 4 is 31.5 Å². The van der Waals surface area contributed by atoms with E-state index in [1.807, 2.05) is 11.3 Å². The Labute approximate surface area is 153 Å². The van der Waals surface area contributed by atoms with Crippen molar-refractivity contribution in [3.8, 4) is 11.1 Å². The zero-order valence-corrected chi connectivity index (χ0v) is 15.7. The summed E-state index contributed by atoms with van der Waals surface area (Å²) in [7, 11) is 0. The molecule has 0 bridgehead atoms. The fourth-order valence-electron chi connectivity index (χ4n) is 4.37. The summed E-state index contributed by atoms with van der Waals surface area (Å²) in [4.78, 5) is 0. The van der Waals surface area contributed by atoms with Gasteiger partial charge in [0.15, 0.2) is 0 Å². The predicted octanol–water partition coefficient (Wildman–Crippen LogP) is 7.22. The number of aryl methyl sites for hydroxylation is 2. The van der Waals surface area contributed by atoms with Crippen LogP contribution in [-0.4, -0.2) is 0 Å². The Balaban J connectivity index is 1.72. The highest BCUT2D eigenvalue weighted by atomic mass is 32.1. The molecule has 124 valence electrons. The van der Waals surface area contributed by atoms with Crippen LogP contribution < -0.4 is 0 Å². The molecule has 4 aromatic rings. The predicted molar refractivity (Wildman–Crippen MR) is 111 cm³/mol. The number of thiophene rings is 1. The monoisotopic (exact) mass is 342 g/mol. The molecule has 1 aliphatic rings. The van der Waals surface area contributed by atoms with Crippen LogP contribution in [0.5, 0.6) is 0 Å². The normalized spacial score (nSPS) is 14.2. The third kappa shape index (κ3) is 2.41. The van der Waals surface area contributed by atoms with Crippen LogP contribution in [-0.2, 0) is 12.8 Å². The molecular formula is C24H22S. The minimum Gasteiger partial charge on any atom is -0.135 e. The quantitative estimate of drug-likeness (QED) is 0.342. The minimum atomic E-state index is 1.23. The van der Waals surface area contributed by atoms with E-state index in [1.54, 1.807) is 11.1 Å². The van der Waals surface area contributed by atoms with Gasteiger partial charge in [-0.05, 0) is 85.0 Å². The highest BCUT2D eigenvalue weighted by molar-refractivity contribution is 7.25. The summed E-state index contributed by atoms with van der Waals surface area (Å²) in [6, 6.07) is 18.5. The Morgan fingerprint density at radius 3 is 2.28 bits per heavy atom. The van der Waals surface area contributed by atoms with Gasteiger partial charge in [0.25, 0.3) is 0 Å². The highest BCUT2D eigenvalue weighted by Gasteiger charge is 2.17. The molecular weight excluding hydrogens is 320 g/mol. The Morgan fingerprint density at radius 2 is 1.44 bits per heavy atom. The van der Waals surface area contributed by atoms with E-state index in [1.165, 1.54) is 68.1 Å². The summed E-state index contributed by atoms with van der Waals surface area (Å²) >= 11 is 1.93. The van der Waals surface area contributed by atoms with Gasteiger partial charge in [0.1, 0.15) is 0 Å². The van der Waals surface area contributed by atoms with E-state index in [2.05, 4.69) is 62.4 Å². The molecule has 0 atom stereocenters. The van der Waals surface area contributed by atoms with Gasteiger partial charge in [-0.2, -0.15) is 0 Å². The molecule has 0 saturated heterocycles. The van der Waals surface area contributed by atoms with Crippen molar-refractivity contribution in [3.05, 3.63) is 70.8 Å². The standard InChI is InChI=1S/C24H22S/c1-15-7-10-21-22-12-9-17(14-24(22)25-23(21)13-15)19-11-8-16(2)18-5-3-4-6-20(18)19/h7-14H,3-6H2,1-2H3. The highest BCUT2D eigenvalue weighted by Crippen LogP contribution is 2.39. The molecule has 5 rings (SSSR count). The second kappa shape index (κ2) is 5.71. The number of hydrogen-bond acceptors (Lipinski definition) is 1. The molecule has 1 aliphatic carbocycles. The first kappa shape index (κ1) is 15.2. The fraction of sp³-hybridized carbons (Fsp3) is 0.250. The molecule has 0 unspecified atom stereocenters. The molecule has 0 radical (unpaired) electrons. The fourth-order valence-corrected chi connectivity index (χ4v) is 5.61. The smallest absolute Gasteiger partial charge is 0.0361 e. The van der Waals surface area contributed by atoms with E-state index >= 15 is 0 Å². The van der Waals surface area contributed by atoms with Crippen LogP contribution in [0.15, 0.2) is 48.5 Å². The summed E-state index contributed by atoms with van der Waals surface area (Å²) < 4.78 is 2.81. The SMILES string of the molecule is Cc1ccc2c(c1)sc1cc(-c3ccc(C)c4c3CCCC4)ccc12. The molecule has 0 N–H and O–H groups in total. The first-order valence-corrected chi connectivity index (χ1v) is 10.1. The number of benzene rings is 3. The van der Waals surface area contributed by atoms with Crippen molar-refractivity contribution < 1.29 is 0 Å². The van der Waals surface area contributed by atoms with Crippen LogP contribution in [0.3, 0.4) is 0 Å². The van der Waals surface area contributed by atoms with Crippen LogP contribution in [0.1, 0.15) is 35.1 Å². The first-order chi connectivity index (χ1) is 12.2. The molecule has 3 aromatic carbocycles. The van der Waals surface area contributed by atoms with Gasteiger partial charge in [-0.15, -0.1) is 11.3 Å². The largest absolute Gasteiger partial charge is 0.135 e. The van der Waals surface area contributed by atoms with E-state index in [4.69, 9.17) is 0 Å². The van der Waals surface area contributed by atoms with E-state index in [-0.39, 0.29) is 0 Å². The summed E-state index contributed by atoms with van der Waals surface area (Å²) in [5, 5.41) is 2.79. The van der Waals surface area contributed by atoms with Gasteiger partial charge in [-0.25, -0.2) is 0 Å². The van der Waals surface area contributed by atoms with Gasteiger partial charge in [0.05, 0.1) is 0 Å². The van der Waals surface area contributed by atoms with Crippen molar-refractivity contribution in [1.29, 1.82) is 0 Å². The summed E-state index contributed by atoms with van der Waals surface area (Å²) in [5.74, 6) is 0. The molecule has 0 fully saturated rings. The van der Waals surface area contributed by atoms with Crippen molar-refractivity contribution in [3.63, 3.8) is 0 Å². The molecule has 0 amide bonds. The Hall–Kier alpha value is -2.12. The van der Waals surface area contributed by atoms with Crippen LogP contribution in [0.2, 0.25) is 0 Å². The van der Waals surface area contributed by atoms with Gasteiger partial charge < -0.3 is 0 Å². The van der Waals surface area contributed by atoms with Gasteiger partial charge in [0.2, 0.25) is 0 Å². The zero-order valence-electron chi connectivity index (χ0n) is 14.9. The van der Waals surface area contributed by atoms with Gasteiger partial charge >= 0.3 is 0 Å². The van der Waals surface area contributed by atoms with Gasteiger partial charge in [0, 0.05) is 20.2 Å². The summed E-state index contributed by atoms with van der Waals surface area (Å²) in [6.45, 7) is 4.44. The zero-order chi connectivity index (χ0) is 17.0. The van der Waals surface area contributed by atoms with Crippen LogP contribution in [0, 0.1) is 13.8 Å². The summed E-state index contributed by atoms with van der Waals surface area (Å²) in [5.41, 5.74) is 8.85. The molecule has 1 aromatic heterocycles. The lowest BCUT2D eigenvalue weighted by molar-refractivity contribution is 0.683. The maximum Gasteiger partial charge on any atom is 0.0361 e. The molecule has 1 heterocycles. The number of hydrogen-bond donors (Lipinski definition) is 0. The Kier molecular flexibility index (Phi) is 3.46. The molecule has 0 saturated carbocycles. The number of rotatable bonds is 1. The minimum absolute atomic E-state index is 1.23. The number of fused-ring (bicyclic) bond motifs is 4. The molecule has 0 nitrogen and oxygen atoms in total. The Morgan fingerprint density at radius 1 is 0.720 bits per heavy atom. The lowest BCUT2D eigenvalue weighted by atomic mass is 9.83. The van der Waals surface area contributed by atoms with Crippen LogP contribution >= 0.6 is 11.3 Å². The van der Waals surface area contributed by atoms with Crippen molar-refractivity contribution in [1.82, 2.24) is 0 Å². The second-order valence-electron chi connectivity index (χ2n) is 7.41. The average Bonchev–Trinajstić information content (AvgIpc) is 2.98. The van der Waals surface area contributed by atoms with E-state index in [0.717, 1.165) is 0 Å². The molecule has 0 spiro atoms. The van der Waals surface area contributed by atoms with Crippen LogP contribution in [0.25, 0.3) is 31.3 Å². The maximum atomic E-state index is 2.41. The average molecular weight is 343 g/mol. The first-order valence-electron chi connectivity index (χ1n) is 9.25. The second-order valence-corrected chi connectivity index (χ2v) is 8.49. The maximum absolute atomic E-state index is 2.41. The third-order valence-electron chi connectivity index (χ3n) is 5.71. The van der Waals surface area contributed by atoms with Crippen molar-refractivity contribution in [2.75, 3.05) is 0 Å². The molecule has 1 heteroatoms. The van der Waals surface area contributed by atoms with Crippen LogP contribution in [0.4, 0.5) is 0 Å². The topological polar surface area (TPSA) is 0 Å². The molecule has 0 aliphatic heterocycles. The van der Waals surface area contributed by atoms with E-state index in [9.17, 15) is 0 Å². The van der Waals surface area contributed by atoms with Gasteiger partial charge in [-0.3, -0.25) is 0 Å². The third-order valence-corrected chi connectivity index (χ3v) is 6.82. The molecule has 25 heavy (non-hydrogen) atoms. The van der Waals surface area contributed by atoms with E-state index in [0.29, 0.717) is 0 Å².